The van der Waals surface area contributed by atoms with Crippen molar-refractivity contribution in [1.29, 1.82) is 0 Å². The number of fused-ring (bicyclic) bond motifs is 7. The van der Waals surface area contributed by atoms with Crippen LogP contribution in [0.5, 0.6) is 0 Å². The van der Waals surface area contributed by atoms with E-state index in [1.165, 1.54) is 12.5 Å². The van der Waals surface area contributed by atoms with Crippen molar-refractivity contribution >= 4 is 0 Å². The highest BCUT2D eigenvalue weighted by molar-refractivity contribution is 5.26. The SMILES string of the molecule is C[C@@H]1CC[C@@]2(OC1)O[C@H]1C[C@@H]3[C@@H]4CC=C5C[C@@H](O[C@H]6O[C@H](CO[C@@H]7O[C@@H](C)[C@H](O)[C@@H](O)[C@H]7O[C@H]7O[C@H](CO)[C@@H](O[C@H]8O[C@H](CO)[C@@H](O)[C@H](O)[C@H]8O)[C@H](O)[C@H]7O)[C@@H](O)[C@H](O)[C@H]6O)CC[C@]5(C)[C@H]4CC[C@]3(C)[C@H]1[C@@H]2C. The van der Waals surface area contributed by atoms with Gasteiger partial charge in [0, 0.05) is 12.3 Å². The average Bonchev–Trinajstić information content (AvgIpc) is 3.82. The monoisotopic (exact) mass is 1050 g/mol. The minimum Gasteiger partial charge on any atom is -0.394 e. The normalized spacial score (nSPS) is 57.1. The van der Waals surface area contributed by atoms with Gasteiger partial charge in [-0.3, -0.25) is 0 Å². The summed E-state index contributed by atoms with van der Waals surface area (Å²) in [6, 6.07) is 0. The largest absolute Gasteiger partial charge is 0.394 e. The highest BCUT2D eigenvalue weighted by Gasteiger charge is 2.69. The molecule has 12 N–H and O–H groups in total. The zero-order valence-electron chi connectivity index (χ0n) is 42.4. The van der Waals surface area contributed by atoms with Crippen LogP contribution in [0.4, 0.5) is 0 Å². The summed E-state index contributed by atoms with van der Waals surface area (Å²) in [5.74, 6) is 2.55. The quantitative estimate of drug-likeness (QED) is 0.1000. The van der Waals surface area contributed by atoms with Crippen molar-refractivity contribution in [2.75, 3.05) is 26.4 Å². The Balaban J connectivity index is 0.764. The second-order valence-electron chi connectivity index (χ2n) is 23.9. The van der Waals surface area contributed by atoms with Crippen LogP contribution in [0.15, 0.2) is 11.6 Å². The lowest BCUT2D eigenvalue weighted by Gasteiger charge is -2.58. The van der Waals surface area contributed by atoms with E-state index in [1.807, 2.05) is 0 Å². The molecular formula is C51H82O22. The van der Waals surface area contributed by atoms with Crippen LogP contribution in [-0.2, 0) is 47.4 Å². The number of allylic oxidation sites excluding steroid dienone is 1. The molecule has 6 aliphatic heterocycles. The van der Waals surface area contributed by atoms with Crippen molar-refractivity contribution in [1.82, 2.24) is 0 Å². The van der Waals surface area contributed by atoms with E-state index in [0.717, 1.165) is 51.6 Å². The number of aliphatic hydroxyl groups is 12. The van der Waals surface area contributed by atoms with E-state index in [4.69, 9.17) is 47.4 Å². The van der Waals surface area contributed by atoms with Gasteiger partial charge in [-0.05, 0) is 98.7 Å². The van der Waals surface area contributed by atoms with Gasteiger partial charge >= 0.3 is 0 Å². The first-order chi connectivity index (χ1) is 34.6. The van der Waals surface area contributed by atoms with Gasteiger partial charge < -0.3 is 109 Å². The lowest BCUT2D eigenvalue weighted by molar-refractivity contribution is -0.386. The fourth-order valence-corrected chi connectivity index (χ4v) is 15.4. The van der Waals surface area contributed by atoms with E-state index in [-0.39, 0.29) is 23.0 Å². The number of hydrogen-bond acceptors (Lipinski definition) is 22. The average molecular weight is 1050 g/mol. The van der Waals surface area contributed by atoms with Crippen LogP contribution in [0, 0.1) is 46.3 Å². The van der Waals surface area contributed by atoms with Crippen LogP contribution in [0.25, 0.3) is 0 Å². The molecule has 6 saturated heterocycles. The number of aliphatic hydroxyl groups excluding tert-OH is 12. The Morgan fingerprint density at radius 3 is 1.89 bits per heavy atom. The first-order valence-corrected chi connectivity index (χ1v) is 26.9. The lowest BCUT2D eigenvalue weighted by atomic mass is 9.47. The predicted molar refractivity (Wildman–Crippen MR) is 247 cm³/mol. The first-order valence-electron chi connectivity index (χ1n) is 26.9. The summed E-state index contributed by atoms with van der Waals surface area (Å²) in [5, 5.41) is 129. The van der Waals surface area contributed by atoms with Crippen molar-refractivity contribution in [3.8, 4) is 0 Å². The van der Waals surface area contributed by atoms with E-state index < -0.39 is 148 Å². The molecule has 4 aliphatic carbocycles. The lowest BCUT2D eigenvalue weighted by Crippen LogP contribution is -2.66. The van der Waals surface area contributed by atoms with Crippen molar-refractivity contribution in [2.45, 2.75) is 233 Å². The Kier molecular flexibility index (Phi) is 16.0. The third kappa shape index (κ3) is 9.52. The molecule has 1 spiro atoms. The van der Waals surface area contributed by atoms with Gasteiger partial charge in [0.2, 0.25) is 0 Å². The van der Waals surface area contributed by atoms with Gasteiger partial charge in [0.15, 0.2) is 30.9 Å². The summed E-state index contributed by atoms with van der Waals surface area (Å²) in [5.41, 5.74) is 1.50. The fraction of sp³-hybridized carbons (Fsp3) is 0.961. The van der Waals surface area contributed by atoms with Gasteiger partial charge in [0.05, 0.1) is 44.7 Å². The van der Waals surface area contributed by atoms with Gasteiger partial charge in [-0.25, -0.2) is 0 Å². The molecule has 6 heterocycles. The van der Waals surface area contributed by atoms with Crippen LogP contribution < -0.4 is 0 Å². The zero-order chi connectivity index (χ0) is 52.2. The van der Waals surface area contributed by atoms with E-state index in [1.54, 1.807) is 0 Å². The molecule has 418 valence electrons. The molecule has 22 heteroatoms. The summed E-state index contributed by atoms with van der Waals surface area (Å²) in [6.45, 7) is 9.61. The summed E-state index contributed by atoms with van der Waals surface area (Å²) in [7, 11) is 0. The molecule has 10 rings (SSSR count). The Hall–Kier alpha value is -1.14. The molecule has 0 aromatic heterocycles. The maximum atomic E-state index is 11.3. The van der Waals surface area contributed by atoms with E-state index in [2.05, 4.69) is 33.8 Å². The van der Waals surface area contributed by atoms with Crippen LogP contribution in [0.1, 0.15) is 92.4 Å². The maximum Gasteiger partial charge on any atom is 0.187 e. The Morgan fingerprint density at radius 2 is 1.22 bits per heavy atom. The maximum absolute atomic E-state index is 11.3. The van der Waals surface area contributed by atoms with E-state index in [0.29, 0.717) is 48.3 Å². The Bertz CT molecular complexity index is 1920. The fourth-order valence-electron chi connectivity index (χ4n) is 15.4. The zero-order valence-corrected chi connectivity index (χ0v) is 42.4. The van der Waals surface area contributed by atoms with Crippen molar-refractivity contribution in [3.05, 3.63) is 11.6 Å². The van der Waals surface area contributed by atoms with Gasteiger partial charge in [-0.2, -0.15) is 0 Å². The predicted octanol–water partition coefficient (Wildman–Crippen LogP) is -1.96. The number of ether oxygens (including phenoxy) is 10. The summed E-state index contributed by atoms with van der Waals surface area (Å²) < 4.78 is 60.7. The third-order valence-electron chi connectivity index (χ3n) is 19.8. The standard InChI is InChI=1S/C51H82O22/c1-20-8-13-51(65-18-20)21(2)32-28(73-51)15-27-25-7-6-23-14-24(9-11-49(23,4)26(25)10-12-50(27,32)5)67-45-40(61)37(58)35(56)31(70-45)19-64-48-44(38(59)33(54)22(3)66-48)72-47-42(63)39(60)43(30(17-53)69-47)71-46-41(62)36(57)34(55)29(16-52)68-46/h6,20-22,24-48,52-63H,7-19H2,1-5H3/t20-,21+,22+,24+,25-,26+,27-,28+,29-,30-,31-,32+,33+,34-,35-,36+,37+,38-,39-,40-,41-,42-,43-,44-,45+,46-,47-,48-,49+,50+,51-/m1/s1. The molecule has 10 aliphatic rings. The molecule has 0 aromatic carbocycles. The smallest absolute Gasteiger partial charge is 0.187 e. The molecule has 0 radical (unpaired) electrons. The van der Waals surface area contributed by atoms with Crippen molar-refractivity contribution < 1.29 is 109 Å². The molecule has 9 fully saturated rings. The summed E-state index contributed by atoms with van der Waals surface area (Å²) in [6.07, 6.45) is -21.9. The number of rotatable bonds is 11. The van der Waals surface area contributed by atoms with Gasteiger partial charge in [-0.1, -0.05) is 39.3 Å². The summed E-state index contributed by atoms with van der Waals surface area (Å²) in [4.78, 5) is 0. The topological polar surface area (TPSA) is 335 Å². The Morgan fingerprint density at radius 1 is 0.603 bits per heavy atom. The van der Waals surface area contributed by atoms with Crippen LogP contribution >= 0.6 is 0 Å². The molecule has 0 bridgehead atoms. The summed E-state index contributed by atoms with van der Waals surface area (Å²) >= 11 is 0. The molecule has 0 aromatic rings. The molecule has 22 nitrogen and oxygen atoms in total. The minimum atomic E-state index is -2.00. The molecule has 73 heavy (non-hydrogen) atoms. The molecule has 31 atom stereocenters. The second-order valence-corrected chi connectivity index (χ2v) is 23.9. The van der Waals surface area contributed by atoms with Crippen LogP contribution in [0.3, 0.4) is 0 Å². The van der Waals surface area contributed by atoms with E-state index >= 15 is 0 Å². The third-order valence-corrected chi connectivity index (χ3v) is 19.8. The van der Waals surface area contributed by atoms with Crippen molar-refractivity contribution in [2.24, 2.45) is 46.3 Å². The molecule has 3 saturated carbocycles. The van der Waals surface area contributed by atoms with E-state index in [9.17, 15) is 61.3 Å². The van der Waals surface area contributed by atoms with Crippen LogP contribution in [0.2, 0.25) is 0 Å². The van der Waals surface area contributed by atoms with Gasteiger partial charge in [-0.15, -0.1) is 0 Å². The van der Waals surface area contributed by atoms with Crippen LogP contribution in [-0.4, -0.2) is 229 Å². The number of hydrogen-bond donors (Lipinski definition) is 12. The highest BCUT2D eigenvalue weighted by atomic mass is 16.8. The molecule has 0 unspecified atom stereocenters. The van der Waals surface area contributed by atoms with Gasteiger partial charge in [0.25, 0.3) is 0 Å². The van der Waals surface area contributed by atoms with Gasteiger partial charge in [0.1, 0.15) is 91.6 Å². The molecule has 0 amide bonds. The first kappa shape index (κ1) is 55.2. The minimum absolute atomic E-state index is 0.0243. The highest BCUT2D eigenvalue weighted by Crippen LogP contribution is 2.70. The molecular weight excluding hydrogens is 965 g/mol. The van der Waals surface area contributed by atoms with Crippen molar-refractivity contribution in [3.63, 3.8) is 0 Å². The Labute approximate surface area is 425 Å². The second kappa shape index (κ2) is 21.2.